The Morgan fingerprint density at radius 1 is 1.38 bits per heavy atom. The van der Waals surface area contributed by atoms with Crippen LogP contribution >= 0.6 is 10.7 Å². The fraction of sp³-hybridized carbons (Fsp3) is 0.500. The van der Waals surface area contributed by atoms with Crippen LogP contribution in [0.5, 0.6) is 5.75 Å². The monoisotopic (exact) mass is 331 g/mol. The second-order valence-electron chi connectivity index (χ2n) is 5.18. The summed E-state index contributed by atoms with van der Waals surface area (Å²) in [6, 6.07) is 7.65. The number of hydrogen-bond donors (Lipinski definition) is 0. The van der Waals surface area contributed by atoms with Crippen molar-refractivity contribution >= 4 is 25.6 Å². The van der Waals surface area contributed by atoms with E-state index < -0.39 is 9.05 Å². The second-order valence-corrected chi connectivity index (χ2v) is 8.00. The van der Waals surface area contributed by atoms with Crippen molar-refractivity contribution in [3.63, 3.8) is 0 Å². The summed E-state index contributed by atoms with van der Waals surface area (Å²) >= 11 is 0. The van der Waals surface area contributed by atoms with Crippen molar-refractivity contribution in [1.29, 1.82) is 0 Å². The number of likely N-dealkylation sites (tertiary alicyclic amines) is 1. The van der Waals surface area contributed by atoms with Crippen LogP contribution in [-0.2, 0) is 20.3 Å². The third-order valence-corrected chi connectivity index (χ3v) is 4.82. The number of carbonyl (C=O) groups is 1. The van der Waals surface area contributed by atoms with E-state index in [0.29, 0.717) is 19.5 Å². The van der Waals surface area contributed by atoms with Gasteiger partial charge in [-0.15, -0.1) is 0 Å². The number of methoxy groups -OCH3 is 1. The molecule has 0 saturated carbocycles. The van der Waals surface area contributed by atoms with Crippen LogP contribution in [0.15, 0.2) is 24.3 Å². The zero-order chi connectivity index (χ0) is 15.5. The van der Waals surface area contributed by atoms with Gasteiger partial charge in [0, 0.05) is 36.1 Å². The van der Waals surface area contributed by atoms with Crippen molar-refractivity contribution in [2.45, 2.75) is 12.8 Å². The molecule has 5 nitrogen and oxygen atoms in total. The lowest BCUT2D eigenvalue weighted by Crippen LogP contribution is -2.28. The lowest BCUT2D eigenvalue weighted by molar-refractivity contribution is -0.127. The lowest BCUT2D eigenvalue weighted by Gasteiger charge is -2.17. The molecule has 2 rings (SSSR count). The Kier molecular flexibility index (Phi) is 5.11. The smallest absolute Gasteiger partial charge is 0.232 e. The average Bonchev–Trinajstić information content (AvgIpc) is 2.74. The molecule has 0 radical (unpaired) electrons. The molecule has 7 heteroatoms. The molecule has 0 N–H and O–H groups in total. The summed E-state index contributed by atoms with van der Waals surface area (Å²) < 4.78 is 27.4. The molecule has 1 fully saturated rings. The summed E-state index contributed by atoms with van der Waals surface area (Å²) in [7, 11) is 3.30. The van der Waals surface area contributed by atoms with E-state index in [1.807, 2.05) is 24.3 Å². The van der Waals surface area contributed by atoms with Gasteiger partial charge in [0.05, 0.1) is 12.9 Å². The minimum absolute atomic E-state index is 0.0183. The molecule has 1 heterocycles. The number of nitrogens with zero attached hydrogens (tertiary/aromatic N) is 1. The summed E-state index contributed by atoms with van der Waals surface area (Å²) in [5.41, 5.74) is 1.03. The Labute approximate surface area is 129 Å². The van der Waals surface area contributed by atoms with Crippen LogP contribution in [0.1, 0.15) is 12.0 Å². The number of benzene rings is 1. The van der Waals surface area contributed by atoms with E-state index in [2.05, 4.69) is 0 Å². The van der Waals surface area contributed by atoms with E-state index in [9.17, 15) is 13.2 Å². The lowest BCUT2D eigenvalue weighted by atomic mass is 10.1. The topological polar surface area (TPSA) is 63.7 Å². The van der Waals surface area contributed by atoms with Gasteiger partial charge in [-0.2, -0.15) is 0 Å². The summed E-state index contributed by atoms with van der Waals surface area (Å²) in [4.78, 5) is 13.6. The summed E-state index contributed by atoms with van der Waals surface area (Å²) in [5, 5.41) is 0. The fourth-order valence-corrected chi connectivity index (χ4v) is 3.95. The van der Waals surface area contributed by atoms with Crippen LogP contribution in [0, 0.1) is 5.92 Å². The third-order valence-electron chi connectivity index (χ3n) is 3.57. The van der Waals surface area contributed by atoms with Gasteiger partial charge in [0.1, 0.15) is 5.75 Å². The summed E-state index contributed by atoms with van der Waals surface area (Å²) in [6.07, 6.45) is 0.925. The standard InChI is InChI=1S/C14H18ClNO4S/c1-20-13-5-3-2-4-12(13)6-7-16-9-11(8-14(16)17)10-21(15,18)19/h2-5,11H,6-10H2,1H3. The molecular formula is C14H18ClNO4S. The molecule has 116 valence electrons. The van der Waals surface area contributed by atoms with Crippen molar-refractivity contribution in [3.05, 3.63) is 29.8 Å². The van der Waals surface area contributed by atoms with Gasteiger partial charge in [-0.05, 0) is 18.1 Å². The van der Waals surface area contributed by atoms with Crippen molar-refractivity contribution in [3.8, 4) is 5.75 Å². The molecule has 0 spiro atoms. The SMILES string of the molecule is COc1ccccc1CCN1CC(CS(=O)(=O)Cl)CC1=O. The van der Waals surface area contributed by atoms with Crippen LogP contribution in [-0.4, -0.2) is 45.2 Å². The van der Waals surface area contributed by atoms with Crippen molar-refractivity contribution in [1.82, 2.24) is 4.90 Å². The molecule has 0 bridgehead atoms. The number of hydrogen-bond acceptors (Lipinski definition) is 4. The van der Waals surface area contributed by atoms with Crippen molar-refractivity contribution < 1.29 is 17.9 Å². The number of halogens is 1. The highest BCUT2D eigenvalue weighted by molar-refractivity contribution is 8.13. The van der Waals surface area contributed by atoms with Crippen LogP contribution in [0.25, 0.3) is 0 Å². The first-order valence-electron chi connectivity index (χ1n) is 6.71. The van der Waals surface area contributed by atoms with Gasteiger partial charge in [0.15, 0.2) is 0 Å². The third kappa shape index (κ3) is 4.61. The first-order valence-corrected chi connectivity index (χ1v) is 9.19. The summed E-state index contributed by atoms with van der Waals surface area (Å²) in [5.74, 6) is 0.419. The number of carbonyl (C=O) groups excluding carboxylic acids is 1. The zero-order valence-corrected chi connectivity index (χ0v) is 13.4. The number of ether oxygens (including phenoxy) is 1. The first kappa shape index (κ1) is 16.1. The van der Waals surface area contributed by atoms with Crippen LogP contribution in [0.4, 0.5) is 0 Å². The number of para-hydroxylation sites is 1. The van der Waals surface area contributed by atoms with Gasteiger partial charge in [-0.3, -0.25) is 4.79 Å². The largest absolute Gasteiger partial charge is 0.496 e. The van der Waals surface area contributed by atoms with E-state index >= 15 is 0 Å². The molecule has 1 aliphatic heterocycles. The van der Waals surface area contributed by atoms with E-state index in [-0.39, 0.29) is 24.0 Å². The molecule has 1 aliphatic rings. The van der Waals surface area contributed by atoms with E-state index in [4.69, 9.17) is 15.4 Å². The maximum Gasteiger partial charge on any atom is 0.232 e. The van der Waals surface area contributed by atoms with Gasteiger partial charge < -0.3 is 9.64 Å². The molecule has 1 atom stereocenters. The van der Waals surface area contributed by atoms with Crippen LogP contribution < -0.4 is 4.74 Å². The Bertz CT molecular complexity index is 617. The predicted molar refractivity (Wildman–Crippen MR) is 81.0 cm³/mol. The fourth-order valence-electron chi connectivity index (χ4n) is 2.63. The molecule has 1 aromatic carbocycles. The first-order chi connectivity index (χ1) is 9.89. The molecule has 1 aromatic rings. The normalized spacial score (nSPS) is 19.0. The predicted octanol–water partition coefficient (Wildman–Crippen LogP) is 1.65. The van der Waals surface area contributed by atoms with Gasteiger partial charge in [0.2, 0.25) is 15.0 Å². The van der Waals surface area contributed by atoms with Crippen LogP contribution in [0.2, 0.25) is 0 Å². The Morgan fingerprint density at radius 2 is 2.10 bits per heavy atom. The maximum atomic E-state index is 11.9. The molecular weight excluding hydrogens is 314 g/mol. The molecule has 0 aromatic heterocycles. The van der Waals surface area contributed by atoms with Gasteiger partial charge >= 0.3 is 0 Å². The van der Waals surface area contributed by atoms with Gasteiger partial charge in [-0.1, -0.05) is 18.2 Å². The highest BCUT2D eigenvalue weighted by Gasteiger charge is 2.32. The van der Waals surface area contributed by atoms with Crippen molar-refractivity contribution in [2.24, 2.45) is 5.92 Å². The number of amides is 1. The molecule has 0 aliphatic carbocycles. The Hall–Kier alpha value is -1.27. The van der Waals surface area contributed by atoms with Crippen molar-refractivity contribution in [2.75, 3.05) is 26.0 Å². The highest BCUT2D eigenvalue weighted by Crippen LogP contribution is 2.23. The van der Waals surface area contributed by atoms with E-state index in [0.717, 1.165) is 11.3 Å². The number of rotatable bonds is 6. The van der Waals surface area contributed by atoms with Crippen LogP contribution in [0.3, 0.4) is 0 Å². The zero-order valence-electron chi connectivity index (χ0n) is 11.8. The average molecular weight is 332 g/mol. The maximum absolute atomic E-state index is 11.9. The second kappa shape index (κ2) is 6.66. The molecule has 21 heavy (non-hydrogen) atoms. The Balaban J connectivity index is 1.93. The highest BCUT2D eigenvalue weighted by atomic mass is 35.7. The molecule has 1 amide bonds. The minimum atomic E-state index is -3.56. The van der Waals surface area contributed by atoms with E-state index in [1.165, 1.54) is 0 Å². The molecule has 1 unspecified atom stereocenters. The van der Waals surface area contributed by atoms with E-state index in [1.54, 1.807) is 12.0 Å². The summed E-state index contributed by atoms with van der Waals surface area (Å²) in [6.45, 7) is 0.998. The quantitative estimate of drug-likeness (QED) is 0.744. The molecule has 1 saturated heterocycles. The van der Waals surface area contributed by atoms with Gasteiger partial charge in [-0.25, -0.2) is 8.42 Å². The Morgan fingerprint density at radius 3 is 2.76 bits per heavy atom. The minimum Gasteiger partial charge on any atom is -0.496 e. The van der Waals surface area contributed by atoms with Gasteiger partial charge in [0.25, 0.3) is 0 Å².